The van der Waals surface area contributed by atoms with Crippen LogP contribution in [0.2, 0.25) is 0 Å². The van der Waals surface area contributed by atoms with Crippen LogP contribution >= 0.6 is 0 Å². The van der Waals surface area contributed by atoms with Gasteiger partial charge in [-0.2, -0.15) is 0 Å². The minimum atomic E-state index is -2.20. The van der Waals surface area contributed by atoms with E-state index in [1.54, 1.807) is 30.3 Å². The van der Waals surface area contributed by atoms with Gasteiger partial charge >= 0.3 is 5.97 Å². The van der Waals surface area contributed by atoms with E-state index in [1.807, 2.05) is 5.32 Å². The number of hydrogen-bond donors (Lipinski definition) is 9. The molecule has 198 valence electrons. The smallest absolute Gasteiger partial charge is 0.353 e. The quantitative estimate of drug-likeness (QED) is 0.0478. The van der Waals surface area contributed by atoms with Crippen LogP contribution in [0.25, 0.3) is 0 Å². The Morgan fingerprint density at radius 1 is 0.889 bits per heavy atom. The highest BCUT2D eigenvalue weighted by molar-refractivity contribution is 5.95. The predicted molar refractivity (Wildman–Crippen MR) is 127 cm³/mol. The Hall–Kier alpha value is -4.24. The van der Waals surface area contributed by atoms with Gasteiger partial charge in [0.15, 0.2) is 5.96 Å². The van der Waals surface area contributed by atoms with Crippen LogP contribution < -0.4 is 38.9 Å². The lowest BCUT2D eigenvalue weighted by atomic mass is 10.0. The zero-order valence-electron chi connectivity index (χ0n) is 19.4. The predicted octanol–water partition coefficient (Wildman–Crippen LogP) is -4.03. The SMILES string of the molecule is NC(=O)C[C@H](N)C(=O)N[C@@H](CCCN=C(N)N)C(=O)N[C@@H](Cc1ccccc1)C(=O)NC(O)C(=O)O. The molecule has 0 aliphatic carbocycles. The third kappa shape index (κ3) is 11.3. The molecule has 13 N–H and O–H groups in total. The fourth-order valence-corrected chi connectivity index (χ4v) is 2.99. The maximum atomic E-state index is 13.1. The van der Waals surface area contributed by atoms with E-state index in [0.717, 1.165) is 0 Å². The van der Waals surface area contributed by atoms with Crippen LogP contribution in [0.4, 0.5) is 0 Å². The third-order valence-corrected chi connectivity index (χ3v) is 4.76. The minimum absolute atomic E-state index is 0.0229. The van der Waals surface area contributed by atoms with Crippen LogP contribution in [0.15, 0.2) is 35.3 Å². The van der Waals surface area contributed by atoms with E-state index in [-0.39, 0.29) is 31.8 Å². The Morgan fingerprint density at radius 3 is 2.03 bits per heavy atom. The third-order valence-electron chi connectivity index (χ3n) is 4.76. The van der Waals surface area contributed by atoms with Crippen LogP contribution in [0.3, 0.4) is 0 Å². The Balaban J connectivity index is 3.08. The molecule has 0 saturated heterocycles. The van der Waals surface area contributed by atoms with Crippen molar-refractivity contribution in [2.75, 3.05) is 6.54 Å². The average molecular weight is 509 g/mol. The van der Waals surface area contributed by atoms with Gasteiger partial charge in [-0.1, -0.05) is 30.3 Å². The standard InChI is InChI=1S/C21H32N8O7/c22-12(10-15(23)30)16(31)27-13(7-4-8-26-21(24)25)17(32)28-14(9-11-5-2-1-3-6-11)18(33)29-19(34)20(35)36/h1-3,5-6,12-14,19,34H,4,7-10,22H2,(H2,23,30)(H,27,31)(H,28,32)(H,29,33)(H,35,36)(H4,24,25,26)/t12-,13-,14-,19?/m0/s1. The Morgan fingerprint density at radius 2 is 1.47 bits per heavy atom. The van der Waals surface area contributed by atoms with Gasteiger partial charge < -0.3 is 49.1 Å². The molecule has 0 aliphatic heterocycles. The first-order chi connectivity index (χ1) is 16.9. The van der Waals surface area contributed by atoms with E-state index >= 15 is 0 Å². The summed E-state index contributed by atoms with van der Waals surface area (Å²) in [5, 5.41) is 25.1. The first kappa shape index (κ1) is 29.8. The van der Waals surface area contributed by atoms with E-state index in [2.05, 4.69) is 15.6 Å². The van der Waals surface area contributed by atoms with Crippen molar-refractivity contribution in [2.45, 2.75) is 50.0 Å². The number of benzene rings is 1. The minimum Gasteiger partial charge on any atom is -0.478 e. The number of primary amides is 1. The van der Waals surface area contributed by atoms with Crippen molar-refractivity contribution in [3.05, 3.63) is 35.9 Å². The van der Waals surface area contributed by atoms with Gasteiger partial charge in [0.1, 0.15) is 12.1 Å². The topological polar surface area (TPSA) is 278 Å². The summed E-state index contributed by atoms with van der Waals surface area (Å²) in [6, 6.07) is 4.64. The lowest BCUT2D eigenvalue weighted by molar-refractivity contribution is -0.151. The molecule has 0 aliphatic rings. The highest BCUT2D eigenvalue weighted by atomic mass is 16.4. The molecule has 0 saturated carbocycles. The van der Waals surface area contributed by atoms with Gasteiger partial charge in [-0.15, -0.1) is 0 Å². The Bertz CT molecular complexity index is 953. The summed E-state index contributed by atoms with van der Waals surface area (Å²) in [7, 11) is 0. The van der Waals surface area contributed by atoms with E-state index in [1.165, 1.54) is 0 Å². The lowest BCUT2D eigenvalue weighted by Crippen LogP contribution is -2.57. The van der Waals surface area contributed by atoms with Gasteiger partial charge in [0.25, 0.3) is 0 Å². The zero-order valence-corrected chi connectivity index (χ0v) is 19.4. The Labute approximate surface area is 206 Å². The summed E-state index contributed by atoms with van der Waals surface area (Å²) < 4.78 is 0. The summed E-state index contributed by atoms with van der Waals surface area (Å²) in [5.41, 5.74) is 21.9. The van der Waals surface area contributed by atoms with Crippen LogP contribution in [-0.4, -0.2) is 76.7 Å². The second-order valence-electron chi connectivity index (χ2n) is 7.79. The number of amides is 4. The maximum absolute atomic E-state index is 13.1. The molecule has 0 radical (unpaired) electrons. The number of nitrogens with one attached hydrogen (secondary N) is 3. The van der Waals surface area contributed by atoms with Crippen molar-refractivity contribution in [1.82, 2.24) is 16.0 Å². The largest absolute Gasteiger partial charge is 0.478 e. The second-order valence-corrected chi connectivity index (χ2v) is 7.79. The number of carboxylic acids is 1. The maximum Gasteiger partial charge on any atom is 0.353 e. The zero-order chi connectivity index (χ0) is 27.3. The number of aliphatic hydroxyl groups is 1. The number of aliphatic hydroxyl groups excluding tert-OH is 1. The number of carbonyl (C=O) groups excluding carboxylic acids is 4. The molecule has 4 amide bonds. The molecular weight excluding hydrogens is 476 g/mol. The number of carboxylic acid groups (broad SMARTS) is 1. The van der Waals surface area contributed by atoms with Gasteiger partial charge in [0.05, 0.1) is 12.5 Å². The summed E-state index contributed by atoms with van der Waals surface area (Å²) in [4.78, 5) is 63.9. The van der Waals surface area contributed by atoms with Gasteiger partial charge in [-0.3, -0.25) is 24.2 Å². The van der Waals surface area contributed by atoms with Crippen molar-refractivity contribution < 1.29 is 34.2 Å². The molecule has 15 nitrogen and oxygen atoms in total. The van der Waals surface area contributed by atoms with E-state index in [4.69, 9.17) is 28.0 Å². The summed E-state index contributed by atoms with van der Waals surface area (Å²) >= 11 is 0. The number of aliphatic carboxylic acids is 1. The monoisotopic (exact) mass is 508 g/mol. The van der Waals surface area contributed by atoms with E-state index < -0.39 is 60.4 Å². The first-order valence-corrected chi connectivity index (χ1v) is 10.9. The van der Waals surface area contributed by atoms with Crippen molar-refractivity contribution in [1.29, 1.82) is 0 Å². The van der Waals surface area contributed by atoms with Gasteiger partial charge in [0, 0.05) is 13.0 Å². The van der Waals surface area contributed by atoms with Gasteiger partial charge in [0.2, 0.25) is 29.9 Å². The van der Waals surface area contributed by atoms with E-state index in [9.17, 15) is 29.1 Å². The molecule has 0 spiro atoms. The molecule has 0 heterocycles. The normalized spacial score (nSPS) is 13.8. The number of guanidine groups is 1. The number of rotatable bonds is 15. The van der Waals surface area contributed by atoms with E-state index in [0.29, 0.717) is 5.56 Å². The summed E-state index contributed by atoms with van der Waals surface area (Å²) in [6.45, 7) is 0.133. The fraction of sp³-hybridized carbons (Fsp3) is 0.429. The molecule has 1 rings (SSSR count). The number of hydrogen-bond acceptors (Lipinski definition) is 8. The molecule has 4 atom stereocenters. The second kappa shape index (κ2) is 14.9. The van der Waals surface area contributed by atoms with Crippen LogP contribution in [0.1, 0.15) is 24.8 Å². The Kier molecular flexibility index (Phi) is 12.3. The lowest BCUT2D eigenvalue weighted by Gasteiger charge is -2.24. The molecule has 0 fully saturated rings. The number of aliphatic imine (C=N–C) groups is 1. The van der Waals surface area contributed by atoms with Crippen LogP contribution in [-0.2, 0) is 30.4 Å². The number of carbonyl (C=O) groups is 5. The molecule has 0 aromatic heterocycles. The molecule has 1 aromatic carbocycles. The molecule has 1 unspecified atom stereocenters. The van der Waals surface area contributed by atoms with Crippen molar-refractivity contribution in [3.8, 4) is 0 Å². The highest BCUT2D eigenvalue weighted by Crippen LogP contribution is 2.06. The summed E-state index contributed by atoms with van der Waals surface area (Å²) in [5.74, 6) is -5.29. The molecule has 36 heavy (non-hydrogen) atoms. The van der Waals surface area contributed by atoms with Crippen molar-refractivity contribution >= 4 is 35.6 Å². The number of nitrogens with two attached hydrogens (primary N) is 4. The van der Waals surface area contributed by atoms with Gasteiger partial charge in [-0.05, 0) is 18.4 Å². The van der Waals surface area contributed by atoms with Gasteiger partial charge in [-0.25, -0.2) is 4.79 Å². The summed E-state index contributed by atoms with van der Waals surface area (Å²) in [6.07, 6.45) is -2.44. The molecule has 1 aromatic rings. The molecule has 15 heteroatoms. The van der Waals surface area contributed by atoms with Crippen LogP contribution in [0.5, 0.6) is 0 Å². The van der Waals surface area contributed by atoms with Crippen molar-refractivity contribution in [3.63, 3.8) is 0 Å². The van der Waals surface area contributed by atoms with Crippen molar-refractivity contribution in [2.24, 2.45) is 27.9 Å². The number of nitrogens with zero attached hydrogens (tertiary/aromatic N) is 1. The molecular formula is C21H32N8O7. The first-order valence-electron chi connectivity index (χ1n) is 10.9. The highest BCUT2D eigenvalue weighted by Gasteiger charge is 2.30. The fourth-order valence-electron chi connectivity index (χ4n) is 2.99. The molecule has 0 bridgehead atoms. The van der Waals surface area contributed by atoms with Crippen LogP contribution in [0, 0.1) is 0 Å². The average Bonchev–Trinajstić information content (AvgIpc) is 2.80.